The molecule has 0 bridgehead atoms. The summed E-state index contributed by atoms with van der Waals surface area (Å²) in [7, 11) is 0. The molecule has 2 aliphatic rings. The van der Waals surface area contributed by atoms with Crippen LogP contribution in [0.3, 0.4) is 0 Å². The van der Waals surface area contributed by atoms with Crippen LogP contribution in [0.5, 0.6) is 0 Å². The van der Waals surface area contributed by atoms with E-state index in [1.54, 1.807) is 17.7 Å². The maximum Gasteiger partial charge on any atom is 0.245 e. The summed E-state index contributed by atoms with van der Waals surface area (Å²) in [6.45, 7) is 2.17. The molecule has 1 saturated carbocycles. The molecule has 2 fully saturated rings. The van der Waals surface area contributed by atoms with Gasteiger partial charge < -0.3 is 16.0 Å². The van der Waals surface area contributed by atoms with E-state index in [1.807, 2.05) is 52.3 Å². The van der Waals surface area contributed by atoms with Crippen molar-refractivity contribution in [3.63, 3.8) is 0 Å². The topological polar surface area (TPSA) is 106 Å². The van der Waals surface area contributed by atoms with Crippen molar-refractivity contribution in [3.8, 4) is 0 Å². The monoisotopic (exact) mass is 646 g/mol. The van der Waals surface area contributed by atoms with Crippen LogP contribution in [0, 0.1) is 11.3 Å². The van der Waals surface area contributed by atoms with E-state index in [9.17, 15) is 9.59 Å². The van der Waals surface area contributed by atoms with Gasteiger partial charge in [0.2, 0.25) is 11.8 Å². The van der Waals surface area contributed by atoms with Gasteiger partial charge >= 0.3 is 0 Å². The van der Waals surface area contributed by atoms with Crippen LogP contribution in [0.2, 0.25) is 5.02 Å². The lowest BCUT2D eigenvalue weighted by atomic mass is 9.63. The second-order valence-electron chi connectivity index (χ2n) is 13.0. The summed E-state index contributed by atoms with van der Waals surface area (Å²) in [6, 6.07) is 14.7. The van der Waals surface area contributed by atoms with Gasteiger partial charge in [0.05, 0.1) is 0 Å². The summed E-state index contributed by atoms with van der Waals surface area (Å²) in [6.07, 6.45) is 12.7. The molecule has 10 heteroatoms. The van der Waals surface area contributed by atoms with E-state index in [0.717, 1.165) is 30.5 Å². The van der Waals surface area contributed by atoms with Crippen molar-refractivity contribution in [3.05, 3.63) is 82.7 Å². The van der Waals surface area contributed by atoms with E-state index in [0.29, 0.717) is 36.9 Å². The zero-order valence-corrected chi connectivity index (χ0v) is 27.3. The van der Waals surface area contributed by atoms with Crippen LogP contribution < -0.4 is 11.1 Å². The van der Waals surface area contributed by atoms with E-state index in [-0.39, 0.29) is 29.7 Å². The zero-order valence-electron chi connectivity index (χ0n) is 25.7. The Balaban J connectivity index is 1.13. The molecular weight excluding hydrogens is 604 g/mol. The van der Waals surface area contributed by atoms with Gasteiger partial charge in [-0.05, 0) is 83.5 Å². The van der Waals surface area contributed by atoms with Gasteiger partial charge in [-0.2, -0.15) is 5.10 Å². The fourth-order valence-corrected chi connectivity index (χ4v) is 8.64. The molecule has 0 radical (unpaired) electrons. The molecule has 2 amide bonds. The summed E-state index contributed by atoms with van der Waals surface area (Å²) < 4.78 is 3.19. The van der Waals surface area contributed by atoms with Crippen LogP contribution in [-0.2, 0) is 29.0 Å². The lowest BCUT2D eigenvalue weighted by Gasteiger charge is -2.48. The number of piperidine rings is 1. The van der Waals surface area contributed by atoms with E-state index in [2.05, 4.69) is 32.9 Å². The molecule has 2 aromatic heterocycles. The number of nitrogens with two attached hydrogens (primary N) is 1. The number of carbonyl (C=O) groups is 2. The molecule has 2 atom stereocenters. The molecule has 1 aliphatic carbocycles. The maximum atomic E-state index is 14.1. The number of benzene rings is 2. The molecule has 238 valence electrons. The number of nitrogens with zero attached hydrogens (tertiary/aromatic N) is 4. The molecule has 0 unspecified atom stereocenters. The first kappa shape index (κ1) is 31.7. The fraction of sp³-hybridized carbons (Fsp3) is 0.486. The van der Waals surface area contributed by atoms with Crippen molar-refractivity contribution >= 4 is 44.8 Å². The molecule has 0 spiro atoms. The number of nitrogens with one attached hydrogen (secondary N) is 1. The number of aromatic nitrogens is 3. The Morgan fingerprint density at radius 2 is 1.80 bits per heavy atom. The summed E-state index contributed by atoms with van der Waals surface area (Å²) in [5.74, 6) is 0.391. The average molecular weight is 647 g/mol. The van der Waals surface area contributed by atoms with E-state index >= 15 is 0 Å². The van der Waals surface area contributed by atoms with E-state index in [4.69, 9.17) is 17.3 Å². The van der Waals surface area contributed by atoms with Gasteiger partial charge in [0, 0.05) is 48.2 Å². The fourth-order valence-electron chi connectivity index (χ4n) is 7.53. The van der Waals surface area contributed by atoms with Gasteiger partial charge in [-0.3, -0.25) is 14.3 Å². The number of hydrogen-bond acceptors (Lipinski definition) is 6. The van der Waals surface area contributed by atoms with Crippen LogP contribution in [0.25, 0.3) is 10.1 Å². The van der Waals surface area contributed by atoms with Crippen molar-refractivity contribution in [2.24, 2.45) is 17.1 Å². The van der Waals surface area contributed by atoms with Gasteiger partial charge in [-0.25, -0.2) is 4.98 Å². The molecule has 1 aliphatic heterocycles. The number of hydrogen-bond donors (Lipinski definition) is 2. The number of rotatable bonds is 11. The first-order valence-corrected chi connectivity index (χ1v) is 17.5. The summed E-state index contributed by atoms with van der Waals surface area (Å²) in [5, 5.41) is 11.5. The number of halogens is 1. The minimum absolute atomic E-state index is 0.0336. The highest BCUT2D eigenvalue weighted by Crippen LogP contribution is 2.47. The normalized spacial score (nSPS) is 18.5. The first-order valence-electron chi connectivity index (χ1n) is 16.2. The number of likely N-dealkylation sites (tertiary alicyclic amines) is 1. The van der Waals surface area contributed by atoms with Gasteiger partial charge in [0.25, 0.3) is 0 Å². The highest BCUT2D eigenvalue weighted by molar-refractivity contribution is 7.17. The van der Waals surface area contributed by atoms with Crippen LogP contribution in [0.15, 0.2) is 66.6 Å². The Morgan fingerprint density at radius 3 is 2.53 bits per heavy atom. The molecule has 4 aromatic rings. The van der Waals surface area contributed by atoms with Gasteiger partial charge in [0.1, 0.15) is 18.7 Å². The highest BCUT2D eigenvalue weighted by Gasteiger charge is 2.43. The maximum absolute atomic E-state index is 14.1. The van der Waals surface area contributed by atoms with E-state index < -0.39 is 6.04 Å². The summed E-state index contributed by atoms with van der Waals surface area (Å²) in [5.41, 5.74) is 8.70. The van der Waals surface area contributed by atoms with Gasteiger partial charge in [-0.1, -0.05) is 61.2 Å². The predicted molar refractivity (Wildman–Crippen MR) is 180 cm³/mol. The van der Waals surface area contributed by atoms with Crippen LogP contribution >= 0.6 is 22.9 Å². The predicted octanol–water partition coefficient (Wildman–Crippen LogP) is 6.02. The van der Waals surface area contributed by atoms with Crippen molar-refractivity contribution in [1.82, 2.24) is 25.0 Å². The number of fused-ring (bicyclic) bond motifs is 1. The van der Waals surface area contributed by atoms with Gasteiger partial charge in [-0.15, -0.1) is 11.3 Å². The molecule has 2 aromatic carbocycles. The average Bonchev–Trinajstić information content (AvgIpc) is 3.72. The third kappa shape index (κ3) is 7.76. The SMILES string of the molecule is N[C@@H](CC(=O)N[C@H](Cc1ccc(Cl)cc1)C(=O)N1CCC(Cn2cncn2)(C2CCCCC2)CC1)Cc1csc2ccccc12. The molecule has 3 heterocycles. The van der Waals surface area contributed by atoms with Crippen molar-refractivity contribution < 1.29 is 9.59 Å². The highest BCUT2D eigenvalue weighted by atomic mass is 35.5. The second kappa shape index (κ2) is 14.4. The molecule has 6 rings (SSSR count). The molecule has 1 saturated heterocycles. The molecule has 45 heavy (non-hydrogen) atoms. The molecular formula is C35H43ClN6O2S. The number of thiophene rings is 1. The lowest BCUT2D eigenvalue weighted by Crippen LogP contribution is -2.55. The second-order valence-corrected chi connectivity index (χ2v) is 14.3. The van der Waals surface area contributed by atoms with Gasteiger partial charge in [0.15, 0.2) is 0 Å². The van der Waals surface area contributed by atoms with Crippen molar-refractivity contribution in [1.29, 1.82) is 0 Å². The minimum Gasteiger partial charge on any atom is -0.344 e. The Labute approximate surface area is 274 Å². The Morgan fingerprint density at radius 1 is 1.04 bits per heavy atom. The third-order valence-electron chi connectivity index (χ3n) is 9.96. The summed E-state index contributed by atoms with van der Waals surface area (Å²) >= 11 is 7.84. The smallest absolute Gasteiger partial charge is 0.245 e. The minimum atomic E-state index is -0.676. The standard InChI is InChI=1S/C35H43ClN6O2S/c36-28-12-10-25(11-13-28)18-31(40-33(43)20-29(37)19-26-21-45-32-9-5-4-8-30(26)32)34(44)41-16-14-35(15-17-41,22-42-24-38-23-39-42)27-6-2-1-3-7-27/h4-5,8-13,21,23-24,27,29,31H,1-3,6-7,14-20,22,37H2,(H,40,43)/t29-,31-/m1/s1. The van der Waals surface area contributed by atoms with Crippen molar-refractivity contribution in [2.45, 2.75) is 82.8 Å². The Hall–Kier alpha value is -3.27. The largest absolute Gasteiger partial charge is 0.344 e. The first-order chi connectivity index (χ1) is 21.9. The van der Waals surface area contributed by atoms with Crippen LogP contribution in [-0.4, -0.2) is 56.7 Å². The molecule has 8 nitrogen and oxygen atoms in total. The number of amides is 2. The molecule has 3 N–H and O–H groups in total. The summed E-state index contributed by atoms with van der Waals surface area (Å²) in [4.78, 5) is 33.7. The van der Waals surface area contributed by atoms with E-state index in [1.165, 1.54) is 42.2 Å². The third-order valence-corrected chi connectivity index (χ3v) is 11.2. The Bertz CT molecular complexity index is 1560. The van der Waals surface area contributed by atoms with Crippen LogP contribution in [0.4, 0.5) is 0 Å². The van der Waals surface area contributed by atoms with Crippen molar-refractivity contribution in [2.75, 3.05) is 13.1 Å². The van der Waals surface area contributed by atoms with Crippen LogP contribution in [0.1, 0.15) is 62.5 Å². The quantitative estimate of drug-likeness (QED) is 0.207. The Kier molecular flexibility index (Phi) is 10.2. The lowest BCUT2D eigenvalue weighted by molar-refractivity contribution is -0.139. The number of carbonyl (C=O) groups excluding carboxylic acids is 2. The zero-order chi connectivity index (χ0) is 31.2.